The van der Waals surface area contributed by atoms with Gasteiger partial charge in [0.1, 0.15) is 12.4 Å². The number of carbonyl (C=O) groups is 1. The third-order valence-electron chi connectivity index (χ3n) is 6.52. The van der Waals surface area contributed by atoms with Crippen LogP contribution in [-0.4, -0.2) is 35.0 Å². The normalized spacial score (nSPS) is 19.3. The number of allylic oxidation sites excluding steroid dienone is 1. The Balaban J connectivity index is 1.33. The van der Waals surface area contributed by atoms with Gasteiger partial charge in [0, 0.05) is 23.9 Å². The summed E-state index contributed by atoms with van der Waals surface area (Å²) in [6.45, 7) is 0.140. The molecular weight excluding hydrogens is 416 g/mol. The highest BCUT2D eigenvalue weighted by atomic mass is 16.6. The molecule has 1 aromatic heterocycles. The number of nitrogens with zero attached hydrogens (tertiary/aromatic N) is 2. The number of hydrogen-bond acceptors (Lipinski definition) is 5. The molecule has 1 N–H and O–H groups in total. The van der Waals surface area contributed by atoms with Gasteiger partial charge in [-0.3, -0.25) is 4.98 Å². The maximum Gasteiger partial charge on any atom is 0.341 e. The molecule has 2 aromatic rings. The molecule has 0 aliphatic heterocycles. The summed E-state index contributed by atoms with van der Waals surface area (Å²) in [5.41, 5.74) is 4.45. The average molecular weight is 449 g/mol. The molecule has 174 valence electrons. The van der Waals surface area contributed by atoms with Crippen molar-refractivity contribution in [3.8, 4) is 5.75 Å². The molecule has 2 aliphatic rings. The third-order valence-corrected chi connectivity index (χ3v) is 6.52. The van der Waals surface area contributed by atoms with E-state index in [1.54, 1.807) is 6.20 Å². The number of aromatic nitrogens is 1. The number of ether oxygens (including phenoxy) is 1. The lowest BCUT2D eigenvalue weighted by atomic mass is 9.83. The van der Waals surface area contributed by atoms with Crippen molar-refractivity contribution in [3.05, 3.63) is 71.6 Å². The summed E-state index contributed by atoms with van der Waals surface area (Å²) >= 11 is 0. The van der Waals surface area contributed by atoms with Crippen molar-refractivity contribution in [2.24, 2.45) is 17.0 Å². The largest absolute Gasteiger partial charge is 0.482 e. The van der Waals surface area contributed by atoms with Gasteiger partial charge in [0.25, 0.3) is 0 Å². The van der Waals surface area contributed by atoms with Gasteiger partial charge in [-0.15, -0.1) is 0 Å². The molecule has 1 fully saturated rings. The van der Waals surface area contributed by atoms with Gasteiger partial charge < -0.3 is 14.7 Å². The Hall–Kier alpha value is -3.15. The minimum Gasteiger partial charge on any atom is -0.482 e. The maximum absolute atomic E-state index is 10.8. The molecule has 33 heavy (non-hydrogen) atoms. The first-order valence-electron chi connectivity index (χ1n) is 11.9. The lowest BCUT2D eigenvalue weighted by Gasteiger charge is -2.24. The van der Waals surface area contributed by atoms with Crippen molar-refractivity contribution in [1.29, 1.82) is 0 Å². The van der Waals surface area contributed by atoms with Crippen LogP contribution >= 0.6 is 0 Å². The summed E-state index contributed by atoms with van der Waals surface area (Å²) in [4.78, 5) is 20.8. The Kier molecular flexibility index (Phi) is 8.12. The van der Waals surface area contributed by atoms with E-state index >= 15 is 0 Å². The summed E-state index contributed by atoms with van der Waals surface area (Å²) in [6, 6.07) is 9.91. The molecule has 0 amide bonds. The number of oxime groups is 1. The number of hydrogen-bond donors (Lipinski definition) is 1. The van der Waals surface area contributed by atoms with Crippen LogP contribution in [0, 0.1) is 11.8 Å². The Morgan fingerprint density at radius 3 is 2.82 bits per heavy atom. The highest BCUT2D eigenvalue weighted by Crippen LogP contribution is 2.33. The number of carboxylic acid groups (broad SMARTS) is 1. The molecule has 1 unspecified atom stereocenters. The van der Waals surface area contributed by atoms with Gasteiger partial charge in [0.05, 0.1) is 5.71 Å². The molecule has 1 saturated carbocycles. The van der Waals surface area contributed by atoms with E-state index in [4.69, 9.17) is 14.7 Å². The first-order valence-corrected chi connectivity index (χ1v) is 11.9. The van der Waals surface area contributed by atoms with E-state index in [0.717, 1.165) is 48.9 Å². The Labute approximate surface area is 195 Å². The first-order chi connectivity index (χ1) is 16.2. The quantitative estimate of drug-likeness (QED) is 0.247. The molecular formula is C27H32N2O4. The van der Waals surface area contributed by atoms with E-state index in [-0.39, 0.29) is 6.61 Å². The van der Waals surface area contributed by atoms with Gasteiger partial charge in [-0.25, -0.2) is 4.79 Å². The van der Waals surface area contributed by atoms with Crippen LogP contribution < -0.4 is 4.74 Å². The van der Waals surface area contributed by atoms with E-state index in [9.17, 15) is 4.79 Å². The highest BCUT2D eigenvalue weighted by molar-refractivity contribution is 6.01. The smallest absolute Gasteiger partial charge is 0.341 e. The molecule has 4 rings (SSSR count). The zero-order chi connectivity index (χ0) is 22.9. The summed E-state index contributed by atoms with van der Waals surface area (Å²) in [7, 11) is 0. The predicted molar refractivity (Wildman–Crippen MR) is 128 cm³/mol. The number of rotatable bonds is 9. The molecule has 1 heterocycles. The molecule has 0 saturated heterocycles. The Morgan fingerprint density at radius 2 is 2.03 bits per heavy atom. The van der Waals surface area contributed by atoms with Crippen molar-refractivity contribution in [2.45, 2.75) is 51.4 Å². The summed E-state index contributed by atoms with van der Waals surface area (Å²) in [5.74, 6) is 0.609. The number of benzene rings is 1. The molecule has 6 heteroatoms. The number of carboxylic acids is 1. The lowest BCUT2D eigenvalue weighted by molar-refractivity contribution is -0.139. The second-order valence-electron chi connectivity index (χ2n) is 8.86. The zero-order valence-corrected chi connectivity index (χ0v) is 19.0. The van der Waals surface area contributed by atoms with Crippen LogP contribution in [0.2, 0.25) is 0 Å². The minimum atomic E-state index is -0.956. The van der Waals surface area contributed by atoms with Crippen LogP contribution in [0.15, 0.2) is 60.0 Å². The maximum atomic E-state index is 10.8. The first kappa shape index (κ1) is 23.0. The fourth-order valence-corrected chi connectivity index (χ4v) is 4.89. The van der Waals surface area contributed by atoms with Gasteiger partial charge in [-0.05, 0) is 73.4 Å². The van der Waals surface area contributed by atoms with E-state index in [0.29, 0.717) is 24.2 Å². The van der Waals surface area contributed by atoms with E-state index in [1.807, 2.05) is 24.4 Å². The van der Waals surface area contributed by atoms with Crippen molar-refractivity contribution >= 4 is 11.7 Å². The fraction of sp³-hybridized carbons (Fsp3) is 0.444. The van der Waals surface area contributed by atoms with Crippen molar-refractivity contribution in [3.63, 3.8) is 0 Å². The van der Waals surface area contributed by atoms with Crippen LogP contribution in [0.5, 0.6) is 5.75 Å². The SMILES string of the molecule is O=C(O)COc1cccc2c1CCC(C=CCON=C(c1cccnc1)C1CCCCC1)C2. The van der Waals surface area contributed by atoms with Gasteiger partial charge in [-0.1, -0.05) is 42.6 Å². The fourth-order valence-electron chi connectivity index (χ4n) is 4.89. The van der Waals surface area contributed by atoms with Crippen LogP contribution in [0.4, 0.5) is 0 Å². The standard InChI is InChI=1S/C27H32N2O4/c30-26(31)19-32-25-12-4-10-22-17-20(13-14-24(22)25)7-6-16-33-29-27(21-8-2-1-3-9-21)23-11-5-15-28-18-23/h4-7,10-12,15,18,20-21H,1-3,8-9,13-14,16-17,19H2,(H,30,31). The van der Waals surface area contributed by atoms with Crippen molar-refractivity contribution in [1.82, 2.24) is 4.98 Å². The summed E-state index contributed by atoms with van der Waals surface area (Å²) in [5, 5.41) is 13.4. The molecule has 2 aliphatic carbocycles. The van der Waals surface area contributed by atoms with E-state index in [1.165, 1.54) is 24.8 Å². The predicted octanol–water partition coefficient (Wildman–Crippen LogP) is 5.21. The van der Waals surface area contributed by atoms with Crippen LogP contribution in [0.25, 0.3) is 0 Å². The number of fused-ring (bicyclic) bond motifs is 1. The van der Waals surface area contributed by atoms with Crippen molar-refractivity contribution < 1.29 is 19.5 Å². The van der Waals surface area contributed by atoms with Gasteiger partial charge in [0.15, 0.2) is 6.61 Å². The number of aliphatic carboxylic acids is 1. The van der Waals surface area contributed by atoms with Gasteiger partial charge >= 0.3 is 5.97 Å². The van der Waals surface area contributed by atoms with Gasteiger partial charge in [0.2, 0.25) is 0 Å². The highest BCUT2D eigenvalue weighted by Gasteiger charge is 2.22. The molecule has 0 radical (unpaired) electrons. The van der Waals surface area contributed by atoms with E-state index in [2.05, 4.69) is 34.4 Å². The van der Waals surface area contributed by atoms with E-state index < -0.39 is 5.97 Å². The van der Waals surface area contributed by atoms with Crippen LogP contribution in [0.1, 0.15) is 55.2 Å². The Morgan fingerprint density at radius 1 is 1.15 bits per heavy atom. The zero-order valence-electron chi connectivity index (χ0n) is 19.0. The molecule has 6 nitrogen and oxygen atoms in total. The van der Waals surface area contributed by atoms with Crippen LogP contribution in [-0.2, 0) is 22.5 Å². The lowest BCUT2D eigenvalue weighted by Crippen LogP contribution is -2.19. The average Bonchev–Trinajstić information content (AvgIpc) is 2.85. The molecule has 0 bridgehead atoms. The second-order valence-corrected chi connectivity index (χ2v) is 8.86. The summed E-state index contributed by atoms with van der Waals surface area (Å²) in [6.07, 6.45) is 16.9. The van der Waals surface area contributed by atoms with Crippen molar-refractivity contribution in [2.75, 3.05) is 13.2 Å². The summed E-state index contributed by atoms with van der Waals surface area (Å²) < 4.78 is 5.47. The molecule has 1 aromatic carbocycles. The topological polar surface area (TPSA) is 81.0 Å². The Bertz CT molecular complexity index is 981. The number of pyridine rings is 1. The third kappa shape index (κ3) is 6.44. The molecule has 1 atom stereocenters. The molecule has 0 spiro atoms. The van der Waals surface area contributed by atoms with Crippen LogP contribution in [0.3, 0.4) is 0 Å². The van der Waals surface area contributed by atoms with Gasteiger partial charge in [-0.2, -0.15) is 0 Å². The monoisotopic (exact) mass is 448 g/mol. The second kappa shape index (κ2) is 11.6. The minimum absolute atomic E-state index is 0.306.